The summed E-state index contributed by atoms with van der Waals surface area (Å²) in [5.74, 6) is -0.354. The lowest BCUT2D eigenvalue weighted by Crippen LogP contribution is -2.09. The Bertz CT molecular complexity index is 997. The second kappa shape index (κ2) is 6.56. The monoisotopic (exact) mass is 378 g/mol. The van der Waals surface area contributed by atoms with Crippen LogP contribution in [-0.2, 0) is 0 Å². The first-order valence-corrected chi connectivity index (χ1v) is 8.76. The van der Waals surface area contributed by atoms with Gasteiger partial charge in [-0.2, -0.15) is 0 Å². The maximum Gasteiger partial charge on any atom is 0.204 e. The number of hydrogen-bond donors (Lipinski definition) is 0. The molecule has 0 spiro atoms. The van der Waals surface area contributed by atoms with Gasteiger partial charge in [0.2, 0.25) is 11.6 Å². The molecule has 126 valence electrons. The molecule has 0 amide bonds. The molecule has 0 saturated heterocycles. The highest BCUT2D eigenvalue weighted by Gasteiger charge is 2.23. The van der Waals surface area contributed by atoms with E-state index in [1.54, 1.807) is 24.3 Å². The van der Waals surface area contributed by atoms with E-state index in [1.165, 1.54) is 0 Å². The summed E-state index contributed by atoms with van der Waals surface area (Å²) in [5, 5.41) is 0.363. The summed E-state index contributed by atoms with van der Waals surface area (Å²) in [7, 11) is 0. The van der Waals surface area contributed by atoms with Crippen molar-refractivity contribution in [1.82, 2.24) is 0 Å². The van der Waals surface area contributed by atoms with Crippen LogP contribution < -0.4 is 0 Å². The fourth-order valence-electron chi connectivity index (χ4n) is 3.14. The third-order valence-electron chi connectivity index (χ3n) is 4.41. The SMILES string of the molecule is O=C1C(Cl)=CC(=CC=C2C=C(Cl)C(=O)c3ccccc32)c2ccccc21. The average molecular weight is 379 g/mol. The molecular formula is C22H12Cl2O2. The molecule has 0 fully saturated rings. The van der Waals surface area contributed by atoms with Crippen LogP contribution in [0.25, 0.3) is 11.1 Å². The van der Waals surface area contributed by atoms with Gasteiger partial charge in [0, 0.05) is 11.1 Å². The number of fused-ring (bicyclic) bond motifs is 2. The first-order chi connectivity index (χ1) is 12.6. The van der Waals surface area contributed by atoms with Gasteiger partial charge < -0.3 is 0 Å². The molecule has 2 aliphatic rings. The predicted molar refractivity (Wildman–Crippen MR) is 105 cm³/mol. The summed E-state index contributed by atoms with van der Waals surface area (Å²) in [6.07, 6.45) is 7.09. The van der Waals surface area contributed by atoms with E-state index < -0.39 is 0 Å². The van der Waals surface area contributed by atoms with Gasteiger partial charge in [-0.25, -0.2) is 0 Å². The van der Waals surface area contributed by atoms with Crippen molar-refractivity contribution in [3.05, 3.63) is 105 Å². The van der Waals surface area contributed by atoms with Crippen molar-refractivity contribution < 1.29 is 9.59 Å². The van der Waals surface area contributed by atoms with E-state index in [0.29, 0.717) is 11.1 Å². The van der Waals surface area contributed by atoms with Crippen molar-refractivity contribution in [3.63, 3.8) is 0 Å². The van der Waals surface area contributed by atoms with Crippen molar-refractivity contribution in [1.29, 1.82) is 0 Å². The number of halogens is 2. The Labute approximate surface area is 160 Å². The third-order valence-corrected chi connectivity index (χ3v) is 4.97. The Morgan fingerprint density at radius 3 is 1.31 bits per heavy atom. The first-order valence-electron chi connectivity index (χ1n) is 8.01. The lowest BCUT2D eigenvalue weighted by Gasteiger charge is -2.16. The van der Waals surface area contributed by atoms with Crippen LogP contribution in [0.4, 0.5) is 0 Å². The van der Waals surface area contributed by atoms with Crippen molar-refractivity contribution in [2.45, 2.75) is 0 Å². The number of ketones is 2. The van der Waals surface area contributed by atoms with E-state index in [4.69, 9.17) is 23.2 Å². The van der Waals surface area contributed by atoms with Crippen LogP contribution >= 0.6 is 23.2 Å². The molecule has 2 aliphatic carbocycles. The summed E-state index contributed by atoms with van der Waals surface area (Å²) >= 11 is 12.2. The Hall–Kier alpha value is -2.68. The van der Waals surface area contributed by atoms with Gasteiger partial charge in [-0.15, -0.1) is 0 Å². The Balaban J connectivity index is 1.85. The number of benzene rings is 2. The molecule has 2 nitrogen and oxygen atoms in total. The maximum absolute atomic E-state index is 12.2. The van der Waals surface area contributed by atoms with Crippen LogP contribution in [0.2, 0.25) is 0 Å². The van der Waals surface area contributed by atoms with Crippen LogP contribution in [-0.4, -0.2) is 11.6 Å². The topological polar surface area (TPSA) is 34.1 Å². The number of hydrogen-bond acceptors (Lipinski definition) is 2. The van der Waals surface area contributed by atoms with Crippen molar-refractivity contribution in [3.8, 4) is 0 Å². The molecule has 0 unspecified atom stereocenters. The smallest absolute Gasteiger partial charge is 0.204 e. The highest BCUT2D eigenvalue weighted by molar-refractivity contribution is 6.47. The fourth-order valence-corrected chi connectivity index (χ4v) is 3.58. The van der Waals surface area contributed by atoms with Gasteiger partial charge in [0.15, 0.2) is 0 Å². The molecule has 2 aromatic carbocycles. The van der Waals surface area contributed by atoms with E-state index in [9.17, 15) is 9.59 Å². The summed E-state index contributed by atoms with van der Waals surface area (Å²) in [4.78, 5) is 24.4. The van der Waals surface area contributed by atoms with E-state index >= 15 is 0 Å². The number of carbonyl (C=O) groups excluding carboxylic acids is 2. The second-order valence-corrected chi connectivity index (χ2v) is 6.79. The number of allylic oxidation sites excluding steroid dienone is 8. The lowest BCUT2D eigenvalue weighted by molar-refractivity contribution is 0.103. The quantitative estimate of drug-likeness (QED) is 0.628. The zero-order chi connectivity index (χ0) is 18.3. The van der Waals surface area contributed by atoms with Crippen LogP contribution in [0, 0.1) is 0 Å². The summed E-state index contributed by atoms with van der Waals surface area (Å²) < 4.78 is 0. The van der Waals surface area contributed by atoms with E-state index in [1.807, 2.05) is 48.6 Å². The molecule has 0 N–H and O–H groups in total. The van der Waals surface area contributed by atoms with Gasteiger partial charge in [-0.1, -0.05) is 83.9 Å². The largest absolute Gasteiger partial charge is 0.288 e. The van der Waals surface area contributed by atoms with Crippen LogP contribution in [0.1, 0.15) is 31.8 Å². The minimum absolute atomic E-state index is 0.177. The van der Waals surface area contributed by atoms with E-state index in [2.05, 4.69) is 0 Å². The van der Waals surface area contributed by atoms with Crippen molar-refractivity contribution in [2.24, 2.45) is 0 Å². The predicted octanol–water partition coefficient (Wildman–Crippen LogP) is 5.79. The van der Waals surface area contributed by atoms with Crippen molar-refractivity contribution in [2.75, 3.05) is 0 Å². The standard InChI is InChI=1S/C22H12Cl2O2/c23-19-11-13(15-5-1-3-7-17(15)21(19)25)9-10-14-12-20(24)22(26)18-8-4-2-6-16(14)18/h1-12H. The summed E-state index contributed by atoms with van der Waals surface area (Å²) in [6, 6.07) is 14.7. The number of Topliss-reactive ketones (excluding diaryl/α,β-unsaturated/α-hetero) is 2. The van der Waals surface area contributed by atoms with Crippen LogP contribution in [0.15, 0.2) is 82.9 Å². The molecule has 0 atom stereocenters. The first kappa shape index (κ1) is 16.8. The molecule has 0 aromatic heterocycles. The normalized spacial score (nSPS) is 19.2. The Morgan fingerprint density at radius 1 is 0.577 bits per heavy atom. The average Bonchev–Trinajstić information content (AvgIpc) is 2.67. The van der Waals surface area contributed by atoms with Gasteiger partial charge >= 0.3 is 0 Å². The van der Waals surface area contributed by atoms with E-state index in [0.717, 1.165) is 22.3 Å². The highest BCUT2D eigenvalue weighted by Crippen LogP contribution is 2.34. The van der Waals surface area contributed by atoms with Gasteiger partial charge in [0.25, 0.3) is 0 Å². The van der Waals surface area contributed by atoms with Crippen molar-refractivity contribution >= 4 is 45.9 Å². The molecule has 4 rings (SSSR count). The highest BCUT2D eigenvalue weighted by atomic mass is 35.5. The lowest BCUT2D eigenvalue weighted by atomic mass is 9.89. The summed E-state index contributed by atoms with van der Waals surface area (Å²) in [6.45, 7) is 0. The molecule has 0 heterocycles. The molecule has 0 bridgehead atoms. The molecule has 0 aliphatic heterocycles. The molecule has 4 heteroatoms. The summed E-state index contributed by atoms with van der Waals surface area (Å²) in [5.41, 5.74) is 4.48. The zero-order valence-corrected chi connectivity index (χ0v) is 15.0. The van der Waals surface area contributed by atoms with Gasteiger partial charge in [0.1, 0.15) is 0 Å². The molecule has 0 saturated carbocycles. The number of carbonyl (C=O) groups is 2. The van der Waals surface area contributed by atoms with Gasteiger partial charge in [-0.05, 0) is 34.4 Å². The van der Waals surface area contributed by atoms with Crippen LogP contribution in [0.3, 0.4) is 0 Å². The molecular weight excluding hydrogens is 367 g/mol. The minimum Gasteiger partial charge on any atom is -0.288 e. The van der Waals surface area contributed by atoms with E-state index in [-0.39, 0.29) is 21.6 Å². The minimum atomic E-state index is -0.177. The van der Waals surface area contributed by atoms with Crippen LogP contribution in [0.5, 0.6) is 0 Å². The number of rotatable bonds is 1. The Kier molecular flexibility index (Phi) is 4.23. The fraction of sp³-hybridized carbons (Fsp3) is 0. The second-order valence-electron chi connectivity index (χ2n) is 5.98. The van der Waals surface area contributed by atoms with Gasteiger partial charge in [0.05, 0.1) is 10.1 Å². The maximum atomic E-state index is 12.2. The van der Waals surface area contributed by atoms with Gasteiger partial charge in [-0.3, -0.25) is 9.59 Å². The molecule has 0 radical (unpaired) electrons. The third kappa shape index (κ3) is 2.78. The Morgan fingerprint density at radius 2 is 0.923 bits per heavy atom. The zero-order valence-electron chi connectivity index (χ0n) is 13.5. The molecule has 26 heavy (non-hydrogen) atoms. The molecule has 2 aromatic rings.